The molecule has 2 rings (SSSR count). The van der Waals surface area contributed by atoms with Crippen molar-refractivity contribution in [3.05, 3.63) is 18.2 Å². The molecule has 1 aliphatic heterocycles. The zero-order valence-electron chi connectivity index (χ0n) is 10.9. The molecule has 0 saturated carbocycles. The molecule has 17 heavy (non-hydrogen) atoms. The molecule has 0 atom stereocenters. The van der Waals surface area contributed by atoms with Crippen molar-refractivity contribution < 1.29 is 0 Å². The third kappa shape index (κ3) is 2.48. The van der Waals surface area contributed by atoms with Gasteiger partial charge in [-0.25, -0.2) is 0 Å². The molecule has 0 bridgehead atoms. The van der Waals surface area contributed by atoms with Gasteiger partial charge < -0.3 is 16.4 Å². The molecule has 0 spiro atoms. The summed E-state index contributed by atoms with van der Waals surface area (Å²) in [4.78, 5) is 2.41. The first kappa shape index (κ1) is 12.1. The van der Waals surface area contributed by atoms with Crippen LogP contribution < -0.4 is 16.4 Å². The molecule has 0 aromatic heterocycles. The number of hydrogen-bond donors (Lipinski definition) is 2. The number of nitrogens with zero attached hydrogens (tertiary/aromatic N) is 1. The zero-order valence-corrected chi connectivity index (χ0v) is 10.9. The first-order chi connectivity index (χ1) is 8.04. The second-order valence-corrected chi connectivity index (χ2v) is 5.46. The van der Waals surface area contributed by atoms with Gasteiger partial charge in [0.25, 0.3) is 0 Å². The van der Waals surface area contributed by atoms with E-state index in [2.05, 4.69) is 24.8 Å². The SMILES string of the molecule is CCC1(C)CCN(c2ccc(N)c(N)c2)CC1. The third-order valence-electron chi connectivity index (χ3n) is 4.26. The summed E-state index contributed by atoms with van der Waals surface area (Å²) in [6, 6.07) is 5.96. The summed E-state index contributed by atoms with van der Waals surface area (Å²) in [5.41, 5.74) is 14.7. The van der Waals surface area contributed by atoms with E-state index in [1.165, 1.54) is 24.9 Å². The maximum Gasteiger partial charge on any atom is 0.0568 e. The number of piperidine rings is 1. The van der Waals surface area contributed by atoms with Crippen molar-refractivity contribution >= 4 is 17.1 Å². The van der Waals surface area contributed by atoms with Gasteiger partial charge in [-0.2, -0.15) is 0 Å². The Kier molecular flexibility index (Phi) is 3.18. The fourth-order valence-corrected chi connectivity index (χ4v) is 2.42. The minimum Gasteiger partial charge on any atom is -0.397 e. The predicted molar refractivity (Wildman–Crippen MR) is 75.1 cm³/mol. The monoisotopic (exact) mass is 233 g/mol. The topological polar surface area (TPSA) is 55.3 Å². The molecule has 1 aromatic rings. The molecule has 0 radical (unpaired) electrons. The highest BCUT2D eigenvalue weighted by Gasteiger charge is 2.28. The van der Waals surface area contributed by atoms with Crippen LogP contribution in [0.4, 0.5) is 17.1 Å². The van der Waals surface area contributed by atoms with E-state index in [-0.39, 0.29) is 0 Å². The van der Waals surface area contributed by atoms with E-state index < -0.39 is 0 Å². The van der Waals surface area contributed by atoms with Gasteiger partial charge in [0, 0.05) is 18.8 Å². The maximum atomic E-state index is 5.86. The first-order valence-electron chi connectivity index (χ1n) is 6.44. The summed E-state index contributed by atoms with van der Waals surface area (Å²) < 4.78 is 0. The summed E-state index contributed by atoms with van der Waals surface area (Å²) in [6.07, 6.45) is 3.78. The number of rotatable bonds is 2. The van der Waals surface area contributed by atoms with Crippen LogP contribution in [-0.4, -0.2) is 13.1 Å². The lowest BCUT2D eigenvalue weighted by Crippen LogP contribution is -2.38. The average molecular weight is 233 g/mol. The molecular weight excluding hydrogens is 210 g/mol. The summed E-state index contributed by atoms with van der Waals surface area (Å²) in [7, 11) is 0. The van der Waals surface area contributed by atoms with E-state index in [1.807, 2.05) is 12.1 Å². The Morgan fingerprint density at radius 2 is 1.82 bits per heavy atom. The Morgan fingerprint density at radius 1 is 1.18 bits per heavy atom. The predicted octanol–water partition coefficient (Wildman–Crippen LogP) is 2.87. The number of anilines is 3. The Balaban J connectivity index is 2.08. The Labute approximate surface area is 104 Å². The maximum absolute atomic E-state index is 5.86. The van der Waals surface area contributed by atoms with E-state index in [1.54, 1.807) is 0 Å². The molecule has 1 aliphatic rings. The lowest BCUT2D eigenvalue weighted by atomic mass is 9.78. The second-order valence-electron chi connectivity index (χ2n) is 5.46. The van der Waals surface area contributed by atoms with Gasteiger partial charge in [-0.1, -0.05) is 20.3 Å². The molecular formula is C14H23N3. The van der Waals surface area contributed by atoms with Crippen LogP contribution in [0, 0.1) is 5.41 Å². The van der Waals surface area contributed by atoms with Gasteiger partial charge in [0.05, 0.1) is 11.4 Å². The number of benzene rings is 1. The van der Waals surface area contributed by atoms with Gasteiger partial charge in [-0.05, 0) is 36.5 Å². The average Bonchev–Trinajstić information content (AvgIpc) is 2.34. The lowest BCUT2D eigenvalue weighted by molar-refractivity contribution is 0.238. The van der Waals surface area contributed by atoms with Crippen molar-refractivity contribution in [2.45, 2.75) is 33.1 Å². The minimum atomic E-state index is 0.524. The van der Waals surface area contributed by atoms with Gasteiger partial charge in [0.1, 0.15) is 0 Å². The molecule has 3 heteroatoms. The molecule has 1 saturated heterocycles. The molecule has 1 fully saturated rings. The summed E-state index contributed by atoms with van der Waals surface area (Å²) in [5.74, 6) is 0. The highest BCUT2D eigenvalue weighted by molar-refractivity contribution is 5.69. The molecule has 4 N–H and O–H groups in total. The van der Waals surface area contributed by atoms with Crippen molar-refractivity contribution in [2.75, 3.05) is 29.5 Å². The number of nitrogen functional groups attached to an aromatic ring is 2. The van der Waals surface area contributed by atoms with Crippen LogP contribution in [0.15, 0.2) is 18.2 Å². The Morgan fingerprint density at radius 3 is 2.35 bits per heavy atom. The van der Waals surface area contributed by atoms with Gasteiger partial charge in [0.15, 0.2) is 0 Å². The second kappa shape index (κ2) is 4.47. The van der Waals surface area contributed by atoms with E-state index in [4.69, 9.17) is 11.5 Å². The number of nitrogens with two attached hydrogens (primary N) is 2. The van der Waals surface area contributed by atoms with Crippen molar-refractivity contribution in [1.29, 1.82) is 0 Å². The normalized spacial score (nSPS) is 19.3. The van der Waals surface area contributed by atoms with Crippen LogP contribution >= 0.6 is 0 Å². The van der Waals surface area contributed by atoms with E-state index in [9.17, 15) is 0 Å². The smallest absolute Gasteiger partial charge is 0.0568 e. The molecule has 0 unspecified atom stereocenters. The Bertz CT molecular complexity index is 392. The van der Waals surface area contributed by atoms with E-state index >= 15 is 0 Å². The fraction of sp³-hybridized carbons (Fsp3) is 0.571. The van der Waals surface area contributed by atoms with Crippen molar-refractivity contribution in [3.63, 3.8) is 0 Å². The van der Waals surface area contributed by atoms with Gasteiger partial charge in [-0.15, -0.1) is 0 Å². The first-order valence-corrected chi connectivity index (χ1v) is 6.44. The standard InChI is InChI=1S/C14H23N3/c1-3-14(2)6-8-17(9-7-14)11-4-5-12(15)13(16)10-11/h4-5,10H,3,6-9,15-16H2,1-2H3. The molecule has 94 valence electrons. The van der Waals surface area contributed by atoms with Crippen molar-refractivity contribution in [3.8, 4) is 0 Å². The molecule has 1 aromatic carbocycles. The van der Waals surface area contributed by atoms with Crippen LogP contribution in [0.1, 0.15) is 33.1 Å². The highest BCUT2D eigenvalue weighted by Crippen LogP contribution is 2.36. The third-order valence-corrected chi connectivity index (χ3v) is 4.26. The minimum absolute atomic E-state index is 0.524. The summed E-state index contributed by atoms with van der Waals surface area (Å²) in [6.45, 7) is 6.92. The van der Waals surface area contributed by atoms with Crippen LogP contribution in [-0.2, 0) is 0 Å². The largest absolute Gasteiger partial charge is 0.397 e. The van der Waals surface area contributed by atoms with Crippen LogP contribution in [0.5, 0.6) is 0 Å². The van der Waals surface area contributed by atoms with Crippen molar-refractivity contribution in [2.24, 2.45) is 5.41 Å². The quantitative estimate of drug-likeness (QED) is 0.772. The lowest BCUT2D eigenvalue weighted by Gasteiger charge is -2.40. The van der Waals surface area contributed by atoms with Crippen LogP contribution in [0.2, 0.25) is 0 Å². The van der Waals surface area contributed by atoms with Crippen LogP contribution in [0.25, 0.3) is 0 Å². The Hall–Kier alpha value is -1.38. The molecule has 1 heterocycles. The molecule has 0 amide bonds. The van der Waals surface area contributed by atoms with Gasteiger partial charge in [0.2, 0.25) is 0 Å². The van der Waals surface area contributed by atoms with Crippen LogP contribution in [0.3, 0.4) is 0 Å². The van der Waals surface area contributed by atoms with E-state index in [0.717, 1.165) is 13.1 Å². The summed E-state index contributed by atoms with van der Waals surface area (Å²) in [5, 5.41) is 0. The van der Waals surface area contributed by atoms with E-state index in [0.29, 0.717) is 16.8 Å². The van der Waals surface area contributed by atoms with Gasteiger partial charge in [-0.3, -0.25) is 0 Å². The number of hydrogen-bond acceptors (Lipinski definition) is 3. The zero-order chi connectivity index (χ0) is 12.5. The van der Waals surface area contributed by atoms with Gasteiger partial charge >= 0.3 is 0 Å². The molecule has 3 nitrogen and oxygen atoms in total. The highest BCUT2D eigenvalue weighted by atomic mass is 15.1. The fourth-order valence-electron chi connectivity index (χ4n) is 2.42. The van der Waals surface area contributed by atoms with Crippen molar-refractivity contribution in [1.82, 2.24) is 0 Å². The molecule has 0 aliphatic carbocycles. The summed E-state index contributed by atoms with van der Waals surface area (Å²) >= 11 is 0.